The Labute approximate surface area is 184 Å². The summed E-state index contributed by atoms with van der Waals surface area (Å²) in [6.07, 6.45) is 5.65. The average Bonchev–Trinajstić information content (AvgIpc) is 3.31. The van der Waals surface area contributed by atoms with Crippen molar-refractivity contribution >= 4 is 29.0 Å². The first-order valence-electron chi connectivity index (χ1n) is 11.3. The minimum Gasteiger partial charge on any atom is -0.371 e. The zero-order chi connectivity index (χ0) is 21.8. The summed E-state index contributed by atoms with van der Waals surface area (Å²) in [5.41, 5.74) is 5.36. The molecule has 31 heavy (non-hydrogen) atoms. The van der Waals surface area contributed by atoms with E-state index in [1.807, 2.05) is 55.1 Å². The third-order valence-corrected chi connectivity index (χ3v) is 6.34. The lowest BCUT2D eigenvalue weighted by Crippen LogP contribution is -2.34. The van der Waals surface area contributed by atoms with Crippen molar-refractivity contribution in [1.29, 1.82) is 0 Å². The number of likely N-dealkylation sites (tertiary alicyclic amines) is 1. The van der Waals surface area contributed by atoms with Crippen LogP contribution in [-0.4, -0.2) is 43.0 Å². The van der Waals surface area contributed by atoms with Gasteiger partial charge >= 0.3 is 6.03 Å². The highest BCUT2D eigenvalue weighted by Gasteiger charge is 2.25. The first-order valence-corrected chi connectivity index (χ1v) is 11.3. The Bertz CT molecular complexity index is 960. The number of benzene rings is 2. The molecular formula is C25H32N4O2. The molecular weight excluding hydrogens is 388 g/mol. The summed E-state index contributed by atoms with van der Waals surface area (Å²) in [4.78, 5) is 30.1. The fourth-order valence-corrected chi connectivity index (χ4v) is 4.40. The minimum absolute atomic E-state index is 0.0660. The molecule has 3 amide bonds. The average molecular weight is 421 g/mol. The van der Waals surface area contributed by atoms with Crippen LogP contribution < -0.4 is 15.5 Å². The van der Waals surface area contributed by atoms with Gasteiger partial charge in [0.25, 0.3) is 5.91 Å². The SMILES string of the molecule is Cc1ccc(NC(=O)Nc2ccc(N3CCCCC3)c(C(=O)N3CCCC3)c2)cc1C. The second-order valence-corrected chi connectivity index (χ2v) is 8.66. The minimum atomic E-state index is -0.312. The number of carbonyl (C=O) groups excluding carboxylic acids is 2. The van der Waals surface area contributed by atoms with Crippen LogP contribution in [0.2, 0.25) is 0 Å². The fraction of sp³-hybridized carbons (Fsp3) is 0.440. The van der Waals surface area contributed by atoms with Crippen LogP contribution in [0.4, 0.5) is 21.9 Å². The molecule has 2 heterocycles. The van der Waals surface area contributed by atoms with Gasteiger partial charge in [0.05, 0.1) is 5.56 Å². The van der Waals surface area contributed by atoms with Gasteiger partial charge < -0.3 is 20.4 Å². The number of amides is 3. The van der Waals surface area contributed by atoms with Crippen molar-refractivity contribution in [2.75, 3.05) is 41.7 Å². The zero-order valence-corrected chi connectivity index (χ0v) is 18.5. The predicted octanol–water partition coefficient (Wildman–Crippen LogP) is 5.17. The number of rotatable bonds is 4. The van der Waals surface area contributed by atoms with E-state index in [-0.39, 0.29) is 11.9 Å². The first-order chi connectivity index (χ1) is 15.0. The van der Waals surface area contributed by atoms with Crippen LogP contribution in [0.1, 0.15) is 53.6 Å². The quantitative estimate of drug-likeness (QED) is 0.717. The van der Waals surface area contributed by atoms with E-state index in [4.69, 9.17) is 0 Å². The maximum atomic E-state index is 13.3. The van der Waals surface area contributed by atoms with E-state index in [9.17, 15) is 9.59 Å². The zero-order valence-electron chi connectivity index (χ0n) is 18.5. The Kier molecular flexibility index (Phi) is 6.44. The Hall–Kier alpha value is -3.02. The van der Waals surface area contributed by atoms with Gasteiger partial charge in [-0.05, 0) is 87.4 Å². The topological polar surface area (TPSA) is 64.7 Å². The molecule has 4 rings (SSSR count). The van der Waals surface area contributed by atoms with Gasteiger partial charge in [0.1, 0.15) is 0 Å². The molecule has 0 spiro atoms. The molecule has 6 heteroatoms. The lowest BCUT2D eigenvalue weighted by atomic mass is 10.1. The second kappa shape index (κ2) is 9.41. The Morgan fingerprint density at radius 3 is 2.03 bits per heavy atom. The van der Waals surface area contributed by atoms with Crippen LogP contribution in [0.15, 0.2) is 36.4 Å². The van der Waals surface area contributed by atoms with Crippen LogP contribution in [-0.2, 0) is 0 Å². The molecule has 0 bridgehead atoms. The molecule has 2 aromatic carbocycles. The van der Waals surface area contributed by atoms with Crippen LogP contribution in [0.25, 0.3) is 0 Å². The third kappa shape index (κ3) is 5.01. The smallest absolute Gasteiger partial charge is 0.323 e. The van der Waals surface area contributed by atoms with Crippen molar-refractivity contribution in [2.45, 2.75) is 46.0 Å². The van der Waals surface area contributed by atoms with Crippen molar-refractivity contribution in [3.8, 4) is 0 Å². The first kappa shape index (κ1) is 21.2. The normalized spacial score (nSPS) is 16.3. The van der Waals surface area contributed by atoms with Crippen molar-refractivity contribution in [3.63, 3.8) is 0 Å². The lowest BCUT2D eigenvalue weighted by molar-refractivity contribution is 0.0793. The van der Waals surface area contributed by atoms with Crippen molar-refractivity contribution < 1.29 is 9.59 Å². The summed E-state index contributed by atoms with van der Waals surface area (Å²) in [7, 11) is 0. The van der Waals surface area contributed by atoms with Gasteiger partial charge in [0.2, 0.25) is 0 Å². The van der Waals surface area contributed by atoms with Crippen LogP contribution in [0.5, 0.6) is 0 Å². The summed E-state index contributed by atoms with van der Waals surface area (Å²) < 4.78 is 0. The standard InChI is InChI=1S/C25H32N4O2/c1-18-8-9-20(16-19(18)2)26-25(31)27-21-10-11-23(28-12-4-3-5-13-28)22(17-21)24(30)29-14-6-7-15-29/h8-11,16-17H,3-7,12-15H2,1-2H3,(H2,26,27,31). The van der Waals surface area contributed by atoms with Gasteiger partial charge in [0.15, 0.2) is 0 Å². The monoisotopic (exact) mass is 420 g/mol. The molecule has 0 aliphatic carbocycles. The molecule has 0 saturated carbocycles. The molecule has 0 aromatic heterocycles. The van der Waals surface area contributed by atoms with Gasteiger partial charge in [-0.25, -0.2) is 4.79 Å². The van der Waals surface area contributed by atoms with Crippen LogP contribution in [0.3, 0.4) is 0 Å². The second-order valence-electron chi connectivity index (χ2n) is 8.66. The number of carbonyl (C=O) groups is 2. The van der Waals surface area contributed by atoms with Crippen molar-refractivity contribution in [1.82, 2.24) is 4.90 Å². The van der Waals surface area contributed by atoms with Crippen LogP contribution in [0, 0.1) is 13.8 Å². The third-order valence-electron chi connectivity index (χ3n) is 6.34. The molecule has 0 atom stereocenters. The lowest BCUT2D eigenvalue weighted by Gasteiger charge is -2.31. The molecule has 0 unspecified atom stereocenters. The summed E-state index contributed by atoms with van der Waals surface area (Å²) in [6, 6.07) is 11.2. The van der Waals surface area contributed by atoms with E-state index >= 15 is 0 Å². The molecule has 2 saturated heterocycles. The van der Waals surface area contributed by atoms with Gasteiger partial charge in [-0.1, -0.05) is 6.07 Å². The summed E-state index contributed by atoms with van der Waals surface area (Å²) in [5, 5.41) is 5.79. The van der Waals surface area contributed by atoms with E-state index in [1.54, 1.807) is 0 Å². The number of hydrogen-bond acceptors (Lipinski definition) is 3. The highest BCUT2D eigenvalue weighted by Crippen LogP contribution is 2.29. The van der Waals surface area contributed by atoms with Gasteiger partial charge in [-0.3, -0.25) is 4.79 Å². The maximum Gasteiger partial charge on any atom is 0.323 e. The molecule has 2 aliphatic heterocycles. The van der Waals surface area contributed by atoms with Gasteiger partial charge in [0, 0.05) is 43.2 Å². The predicted molar refractivity (Wildman–Crippen MR) is 126 cm³/mol. The van der Waals surface area contributed by atoms with E-state index in [1.165, 1.54) is 12.0 Å². The van der Waals surface area contributed by atoms with Gasteiger partial charge in [-0.2, -0.15) is 0 Å². The molecule has 2 aliphatic rings. The Morgan fingerprint density at radius 2 is 1.35 bits per heavy atom. The number of piperidine rings is 1. The maximum absolute atomic E-state index is 13.3. The fourth-order valence-electron chi connectivity index (χ4n) is 4.40. The highest BCUT2D eigenvalue weighted by atomic mass is 16.2. The van der Waals surface area contributed by atoms with E-state index in [0.717, 1.165) is 68.8 Å². The van der Waals surface area contributed by atoms with Crippen molar-refractivity contribution in [3.05, 3.63) is 53.1 Å². The number of aryl methyl sites for hydroxylation is 2. The summed E-state index contributed by atoms with van der Waals surface area (Å²) in [6.45, 7) is 7.63. The number of nitrogens with zero attached hydrogens (tertiary/aromatic N) is 2. The largest absolute Gasteiger partial charge is 0.371 e. The molecule has 0 radical (unpaired) electrons. The van der Waals surface area contributed by atoms with Crippen molar-refractivity contribution in [2.24, 2.45) is 0 Å². The van der Waals surface area contributed by atoms with E-state index < -0.39 is 0 Å². The Balaban J connectivity index is 1.54. The molecule has 164 valence electrons. The number of anilines is 3. The molecule has 2 N–H and O–H groups in total. The van der Waals surface area contributed by atoms with Gasteiger partial charge in [-0.15, -0.1) is 0 Å². The summed E-state index contributed by atoms with van der Waals surface area (Å²) in [5.74, 6) is 0.0660. The molecule has 2 fully saturated rings. The van der Waals surface area contributed by atoms with E-state index in [0.29, 0.717) is 11.3 Å². The van der Waals surface area contributed by atoms with Crippen LogP contribution >= 0.6 is 0 Å². The number of hydrogen-bond donors (Lipinski definition) is 2. The number of nitrogens with one attached hydrogen (secondary N) is 2. The molecule has 2 aromatic rings. The highest BCUT2D eigenvalue weighted by molar-refractivity contribution is 6.04. The molecule has 6 nitrogen and oxygen atoms in total. The number of urea groups is 1. The summed E-state index contributed by atoms with van der Waals surface area (Å²) >= 11 is 0. The Morgan fingerprint density at radius 1 is 0.742 bits per heavy atom. The van der Waals surface area contributed by atoms with E-state index in [2.05, 4.69) is 15.5 Å².